The number of benzene rings is 1. The number of nitrogens with one attached hydrogen (secondary N) is 1. The number of carbonyl (C=O) groups excluding carboxylic acids is 1. The molecule has 3 nitrogen and oxygen atoms in total. The molecule has 3 N–H and O–H groups in total. The largest absolute Gasteiger partial charge is 0.330 e. The van der Waals surface area contributed by atoms with Crippen LogP contribution in [0, 0.1) is 6.92 Å². The van der Waals surface area contributed by atoms with Crippen LogP contribution in [-0.4, -0.2) is 12.5 Å². The fourth-order valence-corrected chi connectivity index (χ4v) is 1.94. The average Bonchev–Trinajstić information content (AvgIpc) is 2.23. The lowest BCUT2D eigenvalue weighted by molar-refractivity contribution is -0.116. The minimum Gasteiger partial charge on any atom is -0.330 e. The van der Waals surface area contributed by atoms with E-state index in [1.165, 1.54) is 0 Å². The van der Waals surface area contributed by atoms with Crippen LogP contribution in [0.5, 0.6) is 0 Å². The lowest BCUT2D eigenvalue weighted by atomic mass is 10.2. The molecular formula is C11H14BrClN2O. The Morgan fingerprint density at radius 2 is 2.25 bits per heavy atom. The second kappa shape index (κ2) is 6.23. The molecule has 1 aromatic rings. The first-order valence-corrected chi connectivity index (χ1v) is 6.17. The molecule has 1 amide bonds. The van der Waals surface area contributed by atoms with Crippen LogP contribution in [-0.2, 0) is 4.79 Å². The Labute approximate surface area is 108 Å². The van der Waals surface area contributed by atoms with E-state index in [1.54, 1.807) is 6.07 Å². The minimum absolute atomic E-state index is 0.0499. The van der Waals surface area contributed by atoms with Crippen LogP contribution in [0.25, 0.3) is 0 Å². The van der Waals surface area contributed by atoms with Crippen molar-refractivity contribution >= 4 is 39.1 Å². The molecule has 5 heteroatoms. The van der Waals surface area contributed by atoms with Gasteiger partial charge in [-0.1, -0.05) is 11.6 Å². The van der Waals surface area contributed by atoms with Gasteiger partial charge in [0.15, 0.2) is 0 Å². The Balaban J connectivity index is 2.73. The minimum atomic E-state index is -0.0499. The molecule has 0 unspecified atom stereocenters. The van der Waals surface area contributed by atoms with Crippen molar-refractivity contribution in [1.82, 2.24) is 0 Å². The van der Waals surface area contributed by atoms with Crippen LogP contribution >= 0.6 is 27.5 Å². The molecule has 0 aromatic heterocycles. The molecule has 0 bridgehead atoms. The lowest BCUT2D eigenvalue weighted by Gasteiger charge is -2.09. The average molecular weight is 306 g/mol. The molecule has 0 spiro atoms. The van der Waals surface area contributed by atoms with Gasteiger partial charge in [-0.3, -0.25) is 4.79 Å². The molecule has 1 rings (SSSR count). The summed E-state index contributed by atoms with van der Waals surface area (Å²) in [4.78, 5) is 11.5. The maximum absolute atomic E-state index is 11.5. The third-order valence-electron chi connectivity index (χ3n) is 2.13. The van der Waals surface area contributed by atoms with Crippen molar-refractivity contribution in [1.29, 1.82) is 0 Å². The molecule has 0 aliphatic rings. The summed E-state index contributed by atoms with van der Waals surface area (Å²) in [5.41, 5.74) is 6.99. The highest BCUT2D eigenvalue weighted by Gasteiger charge is 2.07. The van der Waals surface area contributed by atoms with Crippen molar-refractivity contribution in [3.63, 3.8) is 0 Å². The Kier molecular flexibility index (Phi) is 5.25. The van der Waals surface area contributed by atoms with E-state index < -0.39 is 0 Å². The summed E-state index contributed by atoms with van der Waals surface area (Å²) in [7, 11) is 0. The van der Waals surface area contributed by atoms with Crippen molar-refractivity contribution in [2.24, 2.45) is 5.73 Å². The third-order valence-corrected chi connectivity index (χ3v) is 3.19. The van der Waals surface area contributed by atoms with Gasteiger partial charge >= 0.3 is 0 Å². The highest BCUT2D eigenvalue weighted by molar-refractivity contribution is 9.10. The molecule has 1 aromatic carbocycles. The summed E-state index contributed by atoms with van der Waals surface area (Å²) in [6.45, 7) is 2.43. The summed E-state index contributed by atoms with van der Waals surface area (Å²) in [6.07, 6.45) is 1.11. The highest BCUT2D eigenvalue weighted by Crippen LogP contribution is 2.29. The summed E-state index contributed by atoms with van der Waals surface area (Å²) in [5.74, 6) is -0.0499. The van der Waals surface area contributed by atoms with Gasteiger partial charge in [-0.05, 0) is 53.5 Å². The normalized spacial score (nSPS) is 10.2. The van der Waals surface area contributed by atoms with Gasteiger partial charge in [-0.25, -0.2) is 0 Å². The van der Waals surface area contributed by atoms with Crippen LogP contribution in [0.1, 0.15) is 18.4 Å². The number of amides is 1. The van der Waals surface area contributed by atoms with E-state index >= 15 is 0 Å². The number of hydrogen-bond acceptors (Lipinski definition) is 2. The fraction of sp³-hybridized carbons (Fsp3) is 0.364. The SMILES string of the molecule is Cc1cc(Br)c(NC(=O)CCCN)cc1Cl. The molecule has 0 heterocycles. The molecule has 0 fully saturated rings. The first-order chi connectivity index (χ1) is 7.54. The maximum Gasteiger partial charge on any atom is 0.224 e. The third kappa shape index (κ3) is 3.77. The predicted molar refractivity (Wildman–Crippen MR) is 70.8 cm³/mol. The smallest absolute Gasteiger partial charge is 0.224 e. The quantitative estimate of drug-likeness (QED) is 0.898. The first-order valence-electron chi connectivity index (χ1n) is 5.00. The van der Waals surface area contributed by atoms with Gasteiger partial charge in [0.1, 0.15) is 0 Å². The van der Waals surface area contributed by atoms with Crippen LogP contribution in [0.2, 0.25) is 5.02 Å². The Morgan fingerprint density at radius 3 is 2.88 bits per heavy atom. The second-order valence-electron chi connectivity index (χ2n) is 3.52. The Morgan fingerprint density at radius 1 is 1.56 bits per heavy atom. The van der Waals surface area contributed by atoms with Crippen molar-refractivity contribution in [3.8, 4) is 0 Å². The van der Waals surface area contributed by atoms with E-state index in [-0.39, 0.29) is 5.91 Å². The number of aryl methyl sites for hydroxylation is 1. The van der Waals surface area contributed by atoms with Gasteiger partial charge in [-0.2, -0.15) is 0 Å². The summed E-state index contributed by atoms with van der Waals surface area (Å²) < 4.78 is 0.829. The van der Waals surface area contributed by atoms with Gasteiger partial charge in [0.25, 0.3) is 0 Å². The van der Waals surface area contributed by atoms with E-state index in [0.29, 0.717) is 30.1 Å². The van der Waals surface area contributed by atoms with E-state index in [2.05, 4.69) is 21.2 Å². The number of anilines is 1. The molecule has 0 aliphatic carbocycles. The van der Waals surface area contributed by atoms with Crippen molar-refractivity contribution in [2.45, 2.75) is 19.8 Å². The molecule has 0 saturated heterocycles. The van der Waals surface area contributed by atoms with E-state index in [0.717, 1.165) is 10.0 Å². The number of rotatable bonds is 4. The lowest BCUT2D eigenvalue weighted by Crippen LogP contribution is -2.13. The zero-order chi connectivity index (χ0) is 12.1. The monoisotopic (exact) mass is 304 g/mol. The molecule has 16 heavy (non-hydrogen) atoms. The fourth-order valence-electron chi connectivity index (χ4n) is 1.22. The van der Waals surface area contributed by atoms with Crippen LogP contribution in [0.15, 0.2) is 16.6 Å². The standard InChI is InChI=1S/C11H14BrClN2O/c1-7-5-8(12)10(6-9(7)13)15-11(16)3-2-4-14/h5-6H,2-4,14H2,1H3,(H,15,16). The van der Waals surface area contributed by atoms with Gasteiger partial charge in [0.05, 0.1) is 5.69 Å². The van der Waals surface area contributed by atoms with Crippen molar-refractivity contribution in [3.05, 3.63) is 27.2 Å². The predicted octanol–water partition coefficient (Wildman–Crippen LogP) is 3.09. The number of halogens is 2. The molecular weight excluding hydrogens is 291 g/mol. The van der Waals surface area contributed by atoms with E-state index in [1.807, 2.05) is 13.0 Å². The zero-order valence-corrected chi connectivity index (χ0v) is 11.4. The Hall–Kier alpha value is -0.580. The van der Waals surface area contributed by atoms with E-state index in [9.17, 15) is 4.79 Å². The summed E-state index contributed by atoms with van der Waals surface area (Å²) >= 11 is 9.36. The van der Waals surface area contributed by atoms with Gasteiger partial charge in [0, 0.05) is 15.9 Å². The topological polar surface area (TPSA) is 55.1 Å². The van der Waals surface area contributed by atoms with Crippen molar-refractivity contribution in [2.75, 3.05) is 11.9 Å². The molecule has 0 radical (unpaired) electrons. The highest BCUT2D eigenvalue weighted by atomic mass is 79.9. The molecule has 0 atom stereocenters. The second-order valence-corrected chi connectivity index (χ2v) is 4.78. The van der Waals surface area contributed by atoms with Gasteiger partial charge in [0.2, 0.25) is 5.91 Å². The number of hydrogen-bond donors (Lipinski definition) is 2. The van der Waals surface area contributed by atoms with Gasteiger partial charge < -0.3 is 11.1 Å². The maximum atomic E-state index is 11.5. The Bertz CT molecular complexity index is 396. The first kappa shape index (κ1) is 13.5. The van der Waals surface area contributed by atoms with Gasteiger partial charge in [-0.15, -0.1) is 0 Å². The summed E-state index contributed by atoms with van der Waals surface area (Å²) in [6, 6.07) is 3.61. The number of nitrogens with two attached hydrogens (primary N) is 1. The molecule has 0 aliphatic heterocycles. The van der Waals surface area contributed by atoms with E-state index in [4.69, 9.17) is 17.3 Å². The number of carbonyl (C=O) groups is 1. The van der Waals surface area contributed by atoms with Crippen LogP contribution < -0.4 is 11.1 Å². The van der Waals surface area contributed by atoms with Crippen LogP contribution in [0.3, 0.4) is 0 Å². The molecule has 0 saturated carbocycles. The van der Waals surface area contributed by atoms with Crippen LogP contribution in [0.4, 0.5) is 5.69 Å². The summed E-state index contributed by atoms with van der Waals surface area (Å²) in [5, 5.41) is 3.42. The van der Waals surface area contributed by atoms with Crippen molar-refractivity contribution < 1.29 is 4.79 Å². The zero-order valence-electron chi connectivity index (χ0n) is 9.02. The molecule has 88 valence electrons.